The second-order valence-electron chi connectivity index (χ2n) is 5.46. The highest BCUT2D eigenvalue weighted by atomic mass is 32.2. The molecule has 1 aliphatic heterocycles. The van der Waals surface area contributed by atoms with E-state index in [1.54, 1.807) is 13.8 Å². The molecule has 1 aliphatic rings. The highest BCUT2D eigenvalue weighted by Gasteiger charge is 2.30. The molecule has 0 saturated carbocycles. The van der Waals surface area contributed by atoms with Crippen LogP contribution in [0.5, 0.6) is 0 Å². The van der Waals surface area contributed by atoms with Gasteiger partial charge in [0.1, 0.15) is 5.82 Å². The molecule has 1 aromatic carbocycles. The summed E-state index contributed by atoms with van der Waals surface area (Å²) < 4.78 is 40.1. The van der Waals surface area contributed by atoms with Gasteiger partial charge in [0.25, 0.3) is 0 Å². The van der Waals surface area contributed by atoms with Crippen LogP contribution in [-0.4, -0.2) is 25.8 Å². The molecule has 0 aromatic heterocycles. The molecule has 0 spiro atoms. The van der Waals surface area contributed by atoms with Crippen molar-refractivity contribution in [2.24, 2.45) is 5.92 Å². The van der Waals surface area contributed by atoms with Crippen LogP contribution in [-0.2, 0) is 10.0 Å². The van der Waals surface area contributed by atoms with Crippen molar-refractivity contribution in [1.82, 2.24) is 4.31 Å². The summed E-state index contributed by atoms with van der Waals surface area (Å²) in [5, 5.41) is 0. The Balaban J connectivity index is 2.40. The Morgan fingerprint density at radius 3 is 2.11 bits per heavy atom. The molecule has 1 aromatic rings. The molecule has 5 heteroatoms. The summed E-state index contributed by atoms with van der Waals surface area (Å²) in [5.41, 5.74) is 0.965. The van der Waals surface area contributed by atoms with Crippen LogP contribution >= 0.6 is 0 Å². The quantitative estimate of drug-likeness (QED) is 0.838. The van der Waals surface area contributed by atoms with Crippen molar-refractivity contribution in [3.63, 3.8) is 0 Å². The molecule has 0 atom stereocenters. The number of benzene rings is 1. The van der Waals surface area contributed by atoms with Gasteiger partial charge in [-0.3, -0.25) is 0 Å². The van der Waals surface area contributed by atoms with E-state index in [9.17, 15) is 12.8 Å². The first kappa shape index (κ1) is 14.5. The van der Waals surface area contributed by atoms with Gasteiger partial charge in [-0.1, -0.05) is 6.92 Å². The Bertz CT molecular complexity index is 552. The number of sulfonamides is 1. The first-order chi connectivity index (χ1) is 8.82. The molecule has 106 valence electrons. The Labute approximate surface area is 114 Å². The van der Waals surface area contributed by atoms with Crippen LogP contribution in [0.15, 0.2) is 17.0 Å². The van der Waals surface area contributed by atoms with Gasteiger partial charge in [-0.15, -0.1) is 0 Å². The normalized spacial score (nSPS) is 18.7. The minimum absolute atomic E-state index is 0.267. The van der Waals surface area contributed by atoms with E-state index in [0.29, 0.717) is 30.1 Å². The fourth-order valence-electron chi connectivity index (χ4n) is 2.66. The van der Waals surface area contributed by atoms with Gasteiger partial charge in [-0.2, -0.15) is 4.31 Å². The number of halogens is 1. The van der Waals surface area contributed by atoms with Crippen molar-refractivity contribution in [2.75, 3.05) is 13.1 Å². The Morgan fingerprint density at radius 2 is 1.63 bits per heavy atom. The first-order valence-corrected chi connectivity index (χ1v) is 8.03. The number of piperidine rings is 1. The molecule has 0 aliphatic carbocycles. The highest BCUT2D eigenvalue weighted by Crippen LogP contribution is 2.28. The zero-order chi connectivity index (χ0) is 14.2. The van der Waals surface area contributed by atoms with Crippen LogP contribution in [0.4, 0.5) is 4.39 Å². The molecule has 1 saturated heterocycles. The lowest BCUT2D eigenvalue weighted by Gasteiger charge is -2.30. The molecule has 1 heterocycles. The lowest BCUT2D eigenvalue weighted by atomic mass is 10.0. The third-order valence-electron chi connectivity index (χ3n) is 3.77. The second kappa shape index (κ2) is 5.21. The second-order valence-corrected chi connectivity index (χ2v) is 7.33. The molecule has 0 radical (unpaired) electrons. The van der Waals surface area contributed by atoms with E-state index in [1.165, 1.54) is 16.4 Å². The topological polar surface area (TPSA) is 37.4 Å². The van der Waals surface area contributed by atoms with Gasteiger partial charge >= 0.3 is 0 Å². The van der Waals surface area contributed by atoms with Gasteiger partial charge in [0.05, 0.1) is 4.90 Å². The Morgan fingerprint density at radius 1 is 1.16 bits per heavy atom. The molecule has 0 bridgehead atoms. The van der Waals surface area contributed by atoms with Crippen LogP contribution in [0.1, 0.15) is 30.9 Å². The zero-order valence-corrected chi connectivity index (χ0v) is 12.4. The maximum atomic E-state index is 13.3. The van der Waals surface area contributed by atoms with Crippen LogP contribution in [0.3, 0.4) is 0 Å². The molecule has 2 rings (SSSR count). The maximum Gasteiger partial charge on any atom is 0.243 e. The predicted octanol–water partition coefficient (Wildman–Crippen LogP) is 2.86. The average Bonchev–Trinajstić information content (AvgIpc) is 2.27. The van der Waals surface area contributed by atoms with Crippen molar-refractivity contribution in [1.29, 1.82) is 0 Å². The van der Waals surface area contributed by atoms with Crippen LogP contribution in [0.25, 0.3) is 0 Å². The number of hydrogen-bond acceptors (Lipinski definition) is 2. The van der Waals surface area contributed by atoms with Gasteiger partial charge in [0.2, 0.25) is 10.0 Å². The van der Waals surface area contributed by atoms with E-state index in [2.05, 4.69) is 6.92 Å². The predicted molar refractivity (Wildman–Crippen MR) is 73.0 cm³/mol. The van der Waals surface area contributed by atoms with E-state index < -0.39 is 10.0 Å². The molecule has 3 nitrogen and oxygen atoms in total. The minimum Gasteiger partial charge on any atom is -0.207 e. The van der Waals surface area contributed by atoms with Gasteiger partial charge in [-0.25, -0.2) is 12.8 Å². The fourth-order valence-corrected chi connectivity index (χ4v) is 4.54. The van der Waals surface area contributed by atoms with Crippen molar-refractivity contribution in [3.8, 4) is 0 Å². The van der Waals surface area contributed by atoms with Crippen molar-refractivity contribution >= 4 is 10.0 Å². The summed E-state index contributed by atoms with van der Waals surface area (Å²) in [5.74, 6) is 0.183. The highest BCUT2D eigenvalue weighted by molar-refractivity contribution is 7.89. The van der Waals surface area contributed by atoms with Gasteiger partial charge in [0, 0.05) is 13.1 Å². The monoisotopic (exact) mass is 285 g/mol. The lowest BCUT2D eigenvalue weighted by molar-refractivity contribution is 0.288. The smallest absolute Gasteiger partial charge is 0.207 e. The minimum atomic E-state index is -3.50. The molecule has 0 amide bonds. The number of hydrogen-bond donors (Lipinski definition) is 0. The molecule has 1 fully saturated rings. The summed E-state index contributed by atoms with van der Waals surface area (Å²) in [6.07, 6.45) is 1.77. The van der Waals surface area contributed by atoms with E-state index in [4.69, 9.17) is 0 Å². The summed E-state index contributed by atoms with van der Waals surface area (Å²) in [6.45, 7) is 6.54. The van der Waals surface area contributed by atoms with Crippen LogP contribution in [0, 0.1) is 25.6 Å². The SMILES string of the molecule is Cc1cc(F)cc(C)c1S(=O)(=O)N1CCC(C)CC1. The summed E-state index contributed by atoms with van der Waals surface area (Å²) >= 11 is 0. The van der Waals surface area contributed by atoms with E-state index in [-0.39, 0.29) is 10.7 Å². The van der Waals surface area contributed by atoms with E-state index >= 15 is 0 Å². The molecule has 19 heavy (non-hydrogen) atoms. The molecule has 0 unspecified atom stereocenters. The van der Waals surface area contributed by atoms with Crippen molar-refractivity contribution < 1.29 is 12.8 Å². The largest absolute Gasteiger partial charge is 0.243 e. The van der Waals surface area contributed by atoms with Crippen LogP contribution in [0.2, 0.25) is 0 Å². The summed E-state index contributed by atoms with van der Waals surface area (Å²) in [7, 11) is -3.50. The summed E-state index contributed by atoms with van der Waals surface area (Å²) in [6, 6.07) is 2.57. The van der Waals surface area contributed by atoms with Crippen LogP contribution < -0.4 is 0 Å². The fraction of sp³-hybridized carbons (Fsp3) is 0.571. The molecule has 0 N–H and O–H groups in total. The summed E-state index contributed by atoms with van der Waals surface area (Å²) in [4.78, 5) is 0.267. The third kappa shape index (κ3) is 2.82. The van der Waals surface area contributed by atoms with Gasteiger partial charge < -0.3 is 0 Å². The van der Waals surface area contributed by atoms with Crippen molar-refractivity contribution in [3.05, 3.63) is 29.1 Å². The number of nitrogens with zero attached hydrogens (tertiary/aromatic N) is 1. The third-order valence-corrected chi connectivity index (χ3v) is 5.97. The molecular formula is C14H20FNO2S. The van der Waals surface area contributed by atoms with E-state index in [1.807, 2.05) is 0 Å². The van der Waals surface area contributed by atoms with Gasteiger partial charge in [0.15, 0.2) is 0 Å². The molecular weight excluding hydrogens is 265 g/mol. The number of aryl methyl sites for hydroxylation is 2. The first-order valence-electron chi connectivity index (χ1n) is 6.59. The maximum absolute atomic E-state index is 13.3. The Kier molecular flexibility index (Phi) is 3.97. The zero-order valence-electron chi connectivity index (χ0n) is 11.6. The number of rotatable bonds is 2. The lowest BCUT2D eigenvalue weighted by Crippen LogP contribution is -2.38. The van der Waals surface area contributed by atoms with E-state index in [0.717, 1.165) is 12.8 Å². The standard InChI is InChI=1S/C14H20FNO2S/c1-10-4-6-16(7-5-10)19(17,18)14-11(2)8-13(15)9-12(14)3/h8-10H,4-7H2,1-3H3. The average molecular weight is 285 g/mol. The van der Waals surface area contributed by atoms with Crippen molar-refractivity contribution in [2.45, 2.75) is 38.5 Å². The Hall–Kier alpha value is -0.940. The van der Waals surface area contributed by atoms with Gasteiger partial charge in [-0.05, 0) is 55.9 Å².